The number of hydrogen-bond acceptors (Lipinski definition) is 2. The molecule has 1 saturated heterocycles. The maximum absolute atomic E-state index is 11.8. The summed E-state index contributed by atoms with van der Waals surface area (Å²) in [7, 11) is 0. The summed E-state index contributed by atoms with van der Waals surface area (Å²) in [6.07, 6.45) is 2.17. The Hall–Kier alpha value is -1.55. The third-order valence-corrected chi connectivity index (χ3v) is 3.03. The van der Waals surface area contributed by atoms with E-state index >= 15 is 0 Å². The van der Waals surface area contributed by atoms with Gasteiger partial charge in [-0.3, -0.25) is 0 Å². The zero-order valence-electron chi connectivity index (χ0n) is 10.1. The summed E-state index contributed by atoms with van der Waals surface area (Å²) in [5.41, 5.74) is 1.94. The van der Waals surface area contributed by atoms with Crippen molar-refractivity contribution < 1.29 is 4.79 Å². The van der Waals surface area contributed by atoms with Gasteiger partial charge in [-0.25, -0.2) is 4.79 Å². The van der Waals surface area contributed by atoms with E-state index in [0.717, 1.165) is 37.2 Å². The number of piperidine rings is 1. The van der Waals surface area contributed by atoms with Crippen LogP contribution in [0.15, 0.2) is 24.3 Å². The van der Waals surface area contributed by atoms with Gasteiger partial charge in [0.2, 0.25) is 0 Å². The molecule has 1 aliphatic rings. The molecule has 1 atom stereocenters. The van der Waals surface area contributed by atoms with Crippen LogP contribution in [0.4, 0.5) is 10.5 Å². The number of para-hydroxylation sites is 1. The van der Waals surface area contributed by atoms with Gasteiger partial charge in [-0.2, -0.15) is 0 Å². The quantitative estimate of drug-likeness (QED) is 0.730. The maximum Gasteiger partial charge on any atom is 0.319 e. The first kappa shape index (κ1) is 11.9. The van der Waals surface area contributed by atoms with Crippen molar-refractivity contribution in [1.82, 2.24) is 10.6 Å². The summed E-state index contributed by atoms with van der Waals surface area (Å²) in [4.78, 5) is 11.8. The van der Waals surface area contributed by atoms with E-state index in [2.05, 4.69) is 16.0 Å². The molecular weight excluding hydrogens is 214 g/mol. The third-order valence-electron chi connectivity index (χ3n) is 3.03. The van der Waals surface area contributed by atoms with Gasteiger partial charge in [-0.1, -0.05) is 18.2 Å². The Labute approximate surface area is 102 Å². The van der Waals surface area contributed by atoms with E-state index in [0.29, 0.717) is 0 Å². The molecule has 1 heterocycles. The number of hydrogen-bond donors (Lipinski definition) is 3. The van der Waals surface area contributed by atoms with Gasteiger partial charge >= 0.3 is 6.03 Å². The van der Waals surface area contributed by atoms with Gasteiger partial charge in [0.15, 0.2) is 0 Å². The number of rotatable bonds is 2. The molecule has 2 amide bonds. The molecule has 1 fully saturated rings. The van der Waals surface area contributed by atoms with Crippen LogP contribution in [0.25, 0.3) is 0 Å². The van der Waals surface area contributed by atoms with Crippen molar-refractivity contribution in [2.24, 2.45) is 0 Å². The van der Waals surface area contributed by atoms with Crippen molar-refractivity contribution in [2.45, 2.75) is 25.8 Å². The smallest absolute Gasteiger partial charge is 0.319 e. The number of nitrogens with one attached hydrogen (secondary N) is 3. The van der Waals surface area contributed by atoms with Crippen molar-refractivity contribution in [1.29, 1.82) is 0 Å². The van der Waals surface area contributed by atoms with Gasteiger partial charge in [-0.15, -0.1) is 0 Å². The summed E-state index contributed by atoms with van der Waals surface area (Å²) in [5.74, 6) is 0. The Morgan fingerprint density at radius 2 is 2.24 bits per heavy atom. The van der Waals surface area contributed by atoms with Crippen molar-refractivity contribution >= 4 is 11.7 Å². The molecule has 1 unspecified atom stereocenters. The highest BCUT2D eigenvalue weighted by molar-refractivity contribution is 5.90. The molecule has 1 aromatic carbocycles. The topological polar surface area (TPSA) is 53.2 Å². The van der Waals surface area contributed by atoms with E-state index < -0.39 is 0 Å². The lowest BCUT2D eigenvalue weighted by Crippen LogP contribution is -2.47. The van der Waals surface area contributed by atoms with Crippen LogP contribution in [0.2, 0.25) is 0 Å². The van der Waals surface area contributed by atoms with E-state index in [9.17, 15) is 4.79 Å². The Morgan fingerprint density at radius 1 is 1.41 bits per heavy atom. The molecule has 0 aliphatic carbocycles. The summed E-state index contributed by atoms with van der Waals surface area (Å²) < 4.78 is 0. The van der Waals surface area contributed by atoms with Crippen LogP contribution in [-0.4, -0.2) is 25.2 Å². The summed E-state index contributed by atoms with van der Waals surface area (Å²) in [6, 6.07) is 7.90. The summed E-state index contributed by atoms with van der Waals surface area (Å²) in [5, 5.41) is 9.13. The number of carbonyl (C=O) groups is 1. The van der Waals surface area contributed by atoms with E-state index in [1.54, 1.807) is 0 Å². The van der Waals surface area contributed by atoms with E-state index in [-0.39, 0.29) is 12.1 Å². The molecule has 1 aromatic rings. The Bertz CT molecular complexity index is 386. The van der Waals surface area contributed by atoms with Gasteiger partial charge in [0.1, 0.15) is 0 Å². The number of urea groups is 1. The van der Waals surface area contributed by atoms with Crippen LogP contribution in [0.5, 0.6) is 0 Å². The number of anilines is 1. The molecule has 4 nitrogen and oxygen atoms in total. The average molecular weight is 233 g/mol. The molecule has 17 heavy (non-hydrogen) atoms. The third kappa shape index (κ3) is 3.46. The zero-order valence-corrected chi connectivity index (χ0v) is 10.1. The minimum atomic E-state index is -0.118. The fourth-order valence-electron chi connectivity index (χ4n) is 2.03. The summed E-state index contributed by atoms with van der Waals surface area (Å²) >= 11 is 0. The van der Waals surface area contributed by atoms with Gasteiger partial charge in [-0.05, 0) is 37.9 Å². The lowest BCUT2D eigenvalue weighted by Gasteiger charge is -2.24. The largest absolute Gasteiger partial charge is 0.334 e. The highest BCUT2D eigenvalue weighted by Gasteiger charge is 2.15. The fraction of sp³-hybridized carbons (Fsp3) is 0.462. The number of aryl methyl sites for hydroxylation is 1. The lowest BCUT2D eigenvalue weighted by atomic mass is 10.1. The second-order valence-electron chi connectivity index (χ2n) is 4.46. The second kappa shape index (κ2) is 5.68. The average Bonchev–Trinajstić information content (AvgIpc) is 2.33. The molecular formula is C13H19N3O. The van der Waals surface area contributed by atoms with Crippen LogP contribution >= 0.6 is 0 Å². The van der Waals surface area contributed by atoms with E-state index in [1.807, 2.05) is 31.2 Å². The standard InChI is InChI=1S/C13H19N3O/c1-10-5-2-3-7-12(10)16-13(17)15-11-6-4-8-14-9-11/h2-3,5,7,11,14H,4,6,8-9H2,1H3,(H2,15,16,17). The first-order valence-corrected chi connectivity index (χ1v) is 6.09. The molecule has 2 rings (SSSR count). The molecule has 0 radical (unpaired) electrons. The molecule has 1 aliphatic heterocycles. The number of carbonyl (C=O) groups excluding carboxylic acids is 1. The van der Waals surface area contributed by atoms with Crippen molar-refractivity contribution in [3.05, 3.63) is 29.8 Å². The van der Waals surface area contributed by atoms with Crippen LogP contribution in [0, 0.1) is 6.92 Å². The van der Waals surface area contributed by atoms with Crippen molar-refractivity contribution in [2.75, 3.05) is 18.4 Å². The monoisotopic (exact) mass is 233 g/mol. The predicted octanol–water partition coefficient (Wildman–Crippen LogP) is 1.87. The second-order valence-corrected chi connectivity index (χ2v) is 4.46. The van der Waals surface area contributed by atoms with Gasteiger partial charge in [0.25, 0.3) is 0 Å². The Morgan fingerprint density at radius 3 is 2.94 bits per heavy atom. The minimum absolute atomic E-state index is 0.118. The van der Waals surface area contributed by atoms with Gasteiger partial charge in [0.05, 0.1) is 0 Å². The number of amides is 2. The van der Waals surface area contributed by atoms with Gasteiger partial charge in [0, 0.05) is 18.3 Å². The molecule has 0 spiro atoms. The van der Waals surface area contributed by atoms with Crippen molar-refractivity contribution in [3.8, 4) is 0 Å². The molecule has 4 heteroatoms. The summed E-state index contributed by atoms with van der Waals surface area (Å²) in [6.45, 7) is 3.90. The Kier molecular flexibility index (Phi) is 3.98. The number of benzene rings is 1. The zero-order chi connectivity index (χ0) is 12.1. The first-order chi connectivity index (χ1) is 8.25. The van der Waals surface area contributed by atoms with E-state index in [4.69, 9.17) is 0 Å². The SMILES string of the molecule is Cc1ccccc1NC(=O)NC1CCCNC1. The first-order valence-electron chi connectivity index (χ1n) is 6.09. The van der Waals surface area contributed by atoms with Crippen LogP contribution < -0.4 is 16.0 Å². The molecule has 0 bridgehead atoms. The highest BCUT2D eigenvalue weighted by atomic mass is 16.2. The highest BCUT2D eigenvalue weighted by Crippen LogP contribution is 2.13. The molecule has 3 N–H and O–H groups in total. The molecule has 92 valence electrons. The minimum Gasteiger partial charge on any atom is -0.334 e. The predicted molar refractivity (Wildman–Crippen MR) is 69.2 cm³/mol. The van der Waals surface area contributed by atoms with Crippen molar-refractivity contribution in [3.63, 3.8) is 0 Å². The van der Waals surface area contributed by atoms with Crippen LogP contribution in [0.3, 0.4) is 0 Å². The van der Waals surface area contributed by atoms with Crippen LogP contribution in [-0.2, 0) is 0 Å². The molecule has 0 saturated carbocycles. The Balaban J connectivity index is 1.86. The lowest BCUT2D eigenvalue weighted by molar-refractivity contribution is 0.245. The van der Waals surface area contributed by atoms with Gasteiger partial charge < -0.3 is 16.0 Å². The fourth-order valence-corrected chi connectivity index (χ4v) is 2.03. The van der Waals surface area contributed by atoms with E-state index in [1.165, 1.54) is 0 Å². The maximum atomic E-state index is 11.8. The normalized spacial score (nSPS) is 19.7. The molecule has 0 aromatic heterocycles. The van der Waals surface area contributed by atoms with Crippen LogP contribution in [0.1, 0.15) is 18.4 Å².